The van der Waals surface area contributed by atoms with Gasteiger partial charge in [0.2, 0.25) is 0 Å². The van der Waals surface area contributed by atoms with Crippen LogP contribution < -0.4 is 11.1 Å². The SMILES string of the molecule is CCOCCCN=C(N)NCCc1cccc(Cl)c1.I. The average Bonchev–Trinajstić information content (AvgIpc) is 2.38. The van der Waals surface area contributed by atoms with E-state index in [1.165, 1.54) is 5.56 Å². The quantitative estimate of drug-likeness (QED) is 0.299. The normalized spacial score (nSPS) is 11.0. The summed E-state index contributed by atoms with van der Waals surface area (Å²) in [7, 11) is 0. The Bertz CT molecular complexity index is 402. The average molecular weight is 412 g/mol. The Hall–Kier alpha value is -0.530. The Morgan fingerprint density at radius 1 is 1.45 bits per heavy atom. The molecule has 1 aromatic rings. The van der Waals surface area contributed by atoms with E-state index in [-0.39, 0.29) is 24.0 Å². The van der Waals surface area contributed by atoms with Crippen molar-refractivity contribution in [2.45, 2.75) is 19.8 Å². The second-order valence-electron chi connectivity index (χ2n) is 4.12. The molecule has 6 heteroatoms. The highest BCUT2D eigenvalue weighted by atomic mass is 127. The molecule has 0 fully saturated rings. The highest BCUT2D eigenvalue weighted by molar-refractivity contribution is 14.0. The number of nitrogens with one attached hydrogen (secondary N) is 1. The van der Waals surface area contributed by atoms with E-state index in [0.29, 0.717) is 12.5 Å². The van der Waals surface area contributed by atoms with Gasteiger partial charge in [0.25, 0.3) is 0 Å². The lowest BCUT2D eigenvalue weighted by Crippen LogP contribution is -2.33. The maximum Gasteiger partial charge on any atom is 0.188 e. The van der Waals surface area contributed by atoms with Crippen LogP contribution in [-0.4, -0.2) is 32.3 Å². The first-order valence-electron chi connectivity index (χ1n) is 6.58. The van der Waals surface area contributed by atoms with Crippen LogP contribution in [0.15, 0.2) is 29.3 Å². The molecule has 0 aliphatic rings. The Morgan fingerprint density at radius 2 is 2.25 bits per heavy atom. The number of rotatable bonds is 8. The zero-order chi connectivity index (χ0) is 13.9. The van der Waals surface area contributed by atoms with Gasteiger partial charge in [0, 0.05) is 31.3 Å². The van der Waals surface area contributed by atoms with Crippen molar-refractivity contribution in [3.8, 4) is 0 Å². The van der Waals surface area contributed by atoms with E-state index in [9.17, 15) is 0 Å². The summed E-state index contributed by atoms with van der Waals surface area (Å²) in [5, 5.41) is 3.84. The number of aliphatic imine (C=N–C) groups is 1. The number of hydrogen-bond donors (Lipinski definition) is 2. The summed E-state index contributed by atoms with van der Waals surface area (Å²) in [6.07, 6.45) is 1.76. The highest BCUT2D eigenvalue weighted by Gasteiger charge is 1.95. The molecule has 0 unspecified atom stereocenters. The number of ether oxygens (including phenoxy) is 1. The van der Waals surface area contributed by atoms with Gasteiger partial charge < -0.3 is 15.8 Å². The molecule has 20 heavy (non-hydrogen) atoms. The molecule has 0 heterocycles. The third-order valence-electron chi connectivity index (χ3n) is 2.54. The van der Waals surface area contributed by atoms with Crippen molar-refractivity contribution >= 4 is 41.5 Å². The van der Waals surface area contributed by atoms with E-state index in [0.717, 1.165) is 37.6 Å². The Balaban J connectivity index is 0.00000361. The second-order valence-corrected chi connectivity index (χ2v) is 4.56. The fourth-order valence-corrected chi connectivity index (χ4v) is 1.81. The molecule has 0 amide bonds. The van der Waals surface area contributed by atoms with Gasteiger partial charge in [-0.3, -0.25) is 4.99 Å². The van der Waals surface area contributed by atoms with Crippen LogP contribution in [0.25, 0.3) is 0 Å². The van der Waals surface area contributed by atoms with Crippen molar-refractivity contribution in [3.63, 3.8) is 0 Å². The maximum absolute atomic E-state index is 5.92. The van der Waals surface area contributed by atoms with Gasteiger partial charge in [-0.2, -0.15) is 0 Å². The van der Waals surface area contributed by atoms with E-state index in [4.69, 9.17) is 22.1 Å². The maximum atomic E-state index is 5.92. The number of hydrogen-bond acceptors (Lipinski definition) is 2. The Labute approximate surface area is 143 Å². The summed E-state index contributed by atoms with van der Waals surface area (Å²) in [6.45, 7) is 4.90. The molecule has 0 saturated carbocycles. The van der Waals surface area contributed by atoms with Gasteiger partial charge in [-0.15, -0.1) is 24.0 Å². The standard InChI is InChI=1S/C14H22ClN3O.HI/c1-2-19-10-4-8-17-14(16)18-9-7-12-5-3-6-13(15)11-12;/h3,5-6,11H,2,4,7-10H2,1H3,(H3,16,17,18);1H. The lowest BCUT2D eigenvalue weighted by Gasteiger charge is -2.06. The first-order valence-corrected chi connectivity index (χ1v) is 6.96. The molecule has 3 N–H and O–H groups in total. The fraction of sp³-hybridized carbons (Fsp3) is 0.500. The van der Waals surface area contributed by atoms with Crippen LogP contribution >= 0.6 is 35.6 Å². The molecule has 0 aromatic heterocycles. The van der Waals surface area contributed by atoms with Gasteiger partial charge in [0.1, 0.15) is 0 Å². The summed E-state index contributed by atoms with van der Waals surface area (Å²) in [5.74, 6) is 0.485. The van der Waals surface area contributed by atoms with Crippen LogP contribution in [0.5, 0.6) is 0 Å². The summed E-state index contributed by atoms with van der Waals surface area (Å²) in [4.78, 5) is 4.22. The van der Waals surface area contributed by atoms with Crippen molar-refractivity contribution in [1.29, 1.82) is 0 Å². The molecule has 0 spiro atoms. The fourth-order valence-electron chi connectivity index (χ4n) is 1.59. The predicted molar refractivity (Wildman–Crippen MR) is 96.2 cm³/mol. The number of benzene rings is 1. The van der Waals surface area contributed by atoms with Gasteiger partial charge in [0.05, 0.1) is 0 Å². The van der Waals surface area contributed by atoms with Crippen molar-refractivity contribution in [2.75, 3.05) is 26.3 Å². The molecule has 0 aliphatic heterocycles. The summed E-state index contributed by atoms with van der Waals surface area (Å²) >= 11 is 5.92. The molecule has 0 aliphatic carbocycles. The topological polar surface area (TPSA) is 59.6 Å². The predicted octanol–water partition coefficient (Wildman–Crippen LogP) is 2.83. The molecule has 0 saturated heterocycles. The molecule has 0 bridgehead atoms. The van der Waals surface area contributed by atoms with E-state index in [2.05, 4.69) is 10.3 Å². The monoisotopic (exact) mass is 411 g/mol. The van der Waals surface area contributed by atoms with Gasteiger partial charge in [-0.05, 0) is 37.5 Å². The zero-order valence-corrected chi connectivity index (χ0v) is 14.9. The largest absolute Gasteiger partial charge is 0.382 e. The van der Waals surface area contributed by atoms with Gasteiger partial charge in [-0.25, -0.2) is 0 Å². The van der Waals surface area contributed by atoms with Crippen LogP contribution in [0.2, 0.25) is 5.02 Å². The number of halogens is 2. The number of nitrogens with two attached hydrogens (primary N) is 1. The number of nitrogens with zero attached hydrogens (tertiary/aromatic N) is 1. The lowest BCUT2D eigenvalue weighted by molar-refractivity contribution is 0.146. The summed E-state index contributed by atoms with van der Waals surface area (Å²) in [5.41, 5.74) is 6.94. The van der Waals surface area contributed by atoms with Crippen LogP contribution in [0.3, 0.4) is 0 Å². The lowest BCUT2D eigenvalue weighted by atomic mass is 10.1. The van der Waals surface area contributed by atoms with Crippen LogP contribution in [0.1, 0.15) is 18.9 Å². The van der Waals surface area contributed by atoms with Gasteiger partial charge >= 0.3 is 0 Å². The zero-order valence-electron chi connectivity index (χ0n) is 11.8. The minimum absolute atomic E-state index is 0. The van der Waals surface area contributed by atoms with Crippen molar-refractivity contribution in [2.24, 2.45) is 10.7 Å². The summed E-state index contributed by atoms with van der Waals surface area (Å²) < 4.78 is 5.22. The first kappa shape index (κ1) is 19.5. The second kappa shape index (κ2) is 12.2. The van der Waals surface area contributed by atoms with Crippen LogP contribution in [-0.2, 0) is 11.2 Å². The summed E-state index contributed by atoms with van der Waals surface area (Å²) in [6, 6.07) is 7.82. The molecule has 114 valence electrons. The Kier molecular flexibility index (Phi) is 11.9. The third kappa shape index (κ3) is 9.39. The first-order chi connectivity index (χ1) is 9.22. The van der Waals surface area contributed by atoms with E-state index in [1.54, 1.807) is 0 Å². The van der Waals surface area contributed by atoms with Gasteiger partial charge in [0.15, 0.2) is 5.96 Å². The smallest absolute Gasteiger partial charge is 0.188 e. The van der Waals surface area contributed by atoms with E-state index in [1.807, 2.05) is 31.2 Å². The highest BCUT2D eigenvalue weighted by Crippen LogP contribution is 2.10. The molecule has 0 radical (unpaired) electrons. The molecular formula is C14H23ClIN3O. The molecule has 4 nitrogen and oxygen atoms in total. The molecule has 0 atom stereocenters. The molecule has 1 aromatic carbocycles. The van der Waals surface area contributed by atoms with Crippen LogP contribution in [0.4, 0.5) is 0 Å². The van der Waals surface area contributed by atoms with Crippen molar-refractivity contribution < 1.29 is 4.74 Å². The van der Waals surface area contributed by atoms with Crippen molar-refractivity contribution in [1.82, 2.24) is 5.32 Å². The molecule has 1 rings (SSSR count). The molecular weight excluding hydrogens is 389 g/mol. The minimum atomic E-state index is 0. The van der Waals surface area contributed by atoms with E-state index < -0.39 is 0 Å². The minimum Gasteiger partial charge on any atom is -0.382 e. The van der Waals surface area contributed by atoms with E-state index >= 15 is 0 Å². The van der Waals surface area contributed by atoms with Crippen molar-refractivity contribution in [3.05, 3.63) is 34.9 Å². The van der Waals surface area contributed by atoms with Crippen LogP contribution in [0, 0.1) is 0 Å². The van der Waals surface area contributed by atoms with Gasteiger partial charge in [-0.1, -0.05) is 23.7 Å². The number of guanidine groups is 1. The Morgan fingerprint density at radius 3 is 2.95 bits per heavy atom. The third-order valence-corrected chi connectivity index (χ3v) is 2.78.